The molecule has 1 unspecified atom stereocenters. The van der Waals surface area contributed by atoms with Crippen molar-refractivity contribution in [3.8, 4) is 0 Å². The van der Waals surface area contributed by atoms with Crippen molar-refractivity contribution >= 4 is 11.6 Å². The fraction of sp³-hybridized carbons (Fsp3) is 0.400. The monoisotopic (exact) mass is 288 g/mol. The molecule has 0 aliphatic rings. The molecule has 1 aromatic carbocycles. The second-order valence-electron chi connectivity index (χ2n) is 6.02. The molecule has 2 aromatic rings. The Labute approximate surface area is 123 Å². The Morgan fingerprint density at radius 1 is 1.38 bits per heavy atom. The minimum Gasteiger partial charge on any atom is -0.374 e. The van der Waals surface area contributed by atoms with Crippen LogP contribution in [0.15, 0.2) is 28.8 Å². The molecule has 1 aromatic heterocycles. The van der Waals surface area contributed by atoms with Crippen LogP contribution in [-0.4, -0.2) is 16.0 Å². The maximum atomic E-state index is 11.2. The van der Waals surface area contributed by atoms with E-state index in [1.165, 1.54) is 0 Å². The number of rotatable bonds is 4. The van der Waals surface area contributed by atoms with Gasteiger partial charge in [-0.05, 0) is 25.1 Å². The van der Waals surface area contributed by atoms with E-state index in [0.29, 0.717) is 17.3 Å². The van der Waals surface area contributed by atoms with Gasteiger partial charge in [0.05, 0.1) is 0 Å². The van der Waals surface area contributed by atoms with Crippen LogP contribution in [0.3, 0.4) is 0 Å². The summed E-state index contributed by atoms with van der Waals surface area (Å²) in [5.41, 5.74) is 6.33. The van der Waals surface area contributed by atoms with Crippen molar-refractivity contribution < 1.29 is 9.32 Å². The van der Waals surface area contributed by atoms with Crippen molar-refractivity contribution in [2.24, 2.45) is 5.73 Å². The summed E-state index contributed by atoms with van der Waals surface area (Å²) < 4.78 is 5.29. The summed E-state index contributed by atoms with van der Waals surface area (Å²) in [6.45, 7) is 7.99. The largest absolute Gasteiger partial charge is 0.374 e. The predicted molar refractivity (Wildman–Crippen MR) is 80.0 cm³/mol. The van der Waals surface area contributed by atoms with Gasteiger partial charge in [-0.2, -0.15) is 4.98 Å². The molecule has 6 nitrogen and oxygen atoms in total. The second kappa shape index (κ2) is 5.55. The average molecular weight is 288 g/mol. The lowest BCUT2D eigenvalue weighted by molar-refractivity contribution is 0.100. The number of nitrogens with one attached hydrogen (secondary N) is 1. The van der Waals surface area contributed by atoms with E-state index in [2.05, 4.69) is 15.5 Å². The first-order chi connectivity index (χ1) is 9.77. The molecule has 0 spiro atoms. The molecule has 6 heteroatoms. The van der Waals surface area contributed by atoms with E-state index in [1.807, 2.05) is 33.8 Å². The van der Waals surface area contributed by atoms with Crippen molar-refractivity contribution in [2.45, 2.75) is 39.2 Å². The minimum absolute atomic E-state index is 0.159. The van der Waals surface area contributed by atoms with Crippen LogP contribution >= 0.6 is 0 Å². The summed E-state index contributed by atoms with van der Waals surface area (Å²) in [5, 5.41) is 7.21. The Morgan fingerprint density at radius 2 is 2.10 bits per heavy atom. The Hall–Kier alpha value is -2.37. The highest BCUT2D eigenvalue weighted by molar-refractivity contribution is 5.93. The van der Waals surface area contributed by atoms with Crippen LogP contribution in [0.1, 0.15) is 55.8 Å². The lowest BCUT2D eigenvalue weighted by atomic mass is 9.96. The zero-order valence-electron chi connectivity index (χ0n) is 12.7. The normalized spacial score (nSPS) is 13.0. The fourth-order valence-corrected chi connectivity index (χ4v) is 1.79. The third-order valence-electron chi connectivity index (χ3n) is 3.01. The van der Waals surface area contributed by atoms with E-state index in [0.717, 1.165) is 5.69 Å². The highest BCUT2D eigenvalue weighted by atomic mass is 16.5. The summed E-state index contributed by atoms with van der Waals surface area (Å²) in [5.74, 6) is 0.709. The van der Waals surface area contributed by atoms with Gasteiger partial charge in [0.25, 0.3) is 0 Å². The van der Waals surface area contributed by atoms with Gasteiger partial charge >= 0.3 is 0 Å². The summed E-state index contributed by atoms with van der Waals surface area (Å²) in [6, 6.07) is 6.81. The Kier molecular flexibility index (Phi) is 3.97. The SMILES string of the molecule is CC(Nc1cccc(C(N)=O)c1)c1nc(C(C)(C)C)no1. The van der Waals surface area contributed by atoms with Crippen LogP contribution < -0.4 is 11.1 Å². The van der Waals surface area contributed by atoms with Gasteiger partial charge in [-0.25, -0.2) is 0 Å². The maximum Gasteiger partial charge on any atom is 0.248 e. The van der Waals surface area contributed by atoms with Crippen LogP contribution in [0.2, 0.25) is 0 Å². The number of hydrogen-bond donors (Lipinski definition) is 2. The highest BCUT2D eigenvalue weighted by Crippen LogP contribution is 2.23. The fourth-order valence-electron chi connectivity index (χ4n) is 1.79. The van der Waals surface area contributed by atoms with Gasteiger partial charge in [0.1, 0.15) is 6.04 Å². The Bertz CT molecular complexity index is 643. The van der Waals surface area contributed by atoms with Crippen LogP contribution in [-0.2, 0) is 5.41 Å². The Balaban J connectivity index is 2.14. The number of hydrogen-bond acceptors (Lipinski definition) is 5. The summed E-state index contributed by atoms with van der Waals surface area (Å²) in [4.78, 5) is 15.6. The van der Waals surface area contributed by atoms with Crippen molar-refractivity contribution in [3.63, 3.8) is 0 Å². The van der Waals surface area contributed by atoms with Gasteiger partial charge in [-0.3, -0.25) is 4.79 Å². The highest BCUT2D eigenvalue weighted by Gasteiger charge is 2.23. The molecule has 0 saturated carbocycles. The second-order valence-corrected chi connectivity index (χ2v) is 6.02. The summed E-state index contributed by atoms with van der Waals surface area (Å²) >= 11 is 0. The number of benzene rings is 1. The number of anilines is 1. The zero-order valence-corrected chi connectivity index (χ0v) is 12.7. The van der Waals surface area contributed by atoms with Gasteiger partial charge < -0.3 is 15.6 Å². The molecule has 3 N–H and O–H groups in total. The summed E-state index contributed by atoms with van der Waals surface area (Å²) in [7, 11) is 0. The number of carbonyl (C=O) groups is 1. The van der Waals surface area contributed by atoms with E-state index < -0.39 is 5.91 Å². The number of primary amides is 1. The van der Waals surface area contributed by atoms with Crippen LogP contribution in [0, 0.1) is 0 Å². The van der Waals surface area contributed by atoms with Gasteiger partial charge in [0.2, 0.25) is 11.8 Å². The van der Waals surface area contributed by atoms with E-state index in [4.69, 9.17) is 10.3 Å². The standard InChI is InChI=1S/C15H20N4O2/c1-9(13-18-14(19-21-13)15(2,3)4)17-11-7-5-6-10(8-11)12(16)20/h5-9,17H,1-4H3,(H2,16,20). The van der Waals surface area contributed by atoms with E-state index in [-0.39, 0.29) is 11.5 Å². The quantitative estimate of drug-likeness (QED) is 0.902. The number of aromatic nitrogens is 2. The average Bonchev–Trinajstić information content (AvgIpc) is 2.88. The van der Waals surface area contributed by atoms with Crippen LogP contribution in [0.25, 0.3) is 0 Å². The molecule has 0 fully saturated rings. The number of carbonyl (C=O) groups excluding carboxylic acids is 1. The first-order valence-corrected chi connectivity index (χ1v) is 6.78. The molecule has 1 atom stereocenters. The van der Waals surface area contributed by atoms with Gasteiger partial charge in [0.15, 0.2) is 5.82 Å². The smallest absolute Gasteiger partial charge is 0.248 e. The number of nitrogens with two attached hydrogens (primary N) is 1. The molecule has 0 bridgehead atoms. The van der Waals surface area contributed by atoms with Crippen molar-refractivity contribution in [3.05, 3.63) is 41.5 Å². The van der Waals surface area contributed by atoms with E-state index >= 15 is 0 Å². The van der Waals surface area contributed by atoms with Crippen molar-refractivity contribution in [1.29, 1.82) is 0 Å². The van der Waals surface area contributed by atoms with E-state index in [1.54, 1.807) is 18.2 Å². The predicted octanol–water partition coefficient (Wildman–Crippen LogP) is 2.64. The third kappa shape index (κ3) is 3.59. The molecule has 112 valence electrons. The molecular weight excluding hydrogens is 268 g/mol. The lowest BCUT2D eigenvalue weighted by Crippen LogP contribution is -2.14. The number of amides is 1. The molecular formula is C15H20N4O2. The molecule has 0 saturated heterocycles. The Morgan fingerprint density at radius 3 is 2.67 bits per heavy atom. The molecule has 0 aliphatic carbocycles. The molecule has 21 heavy (non-hydrogen) atoms. The van der Waals surface area contributed by atoms with Crippen molar-refractivity contribution in [2.75, 3.05) is 5.32 Å². The lowest BCUT2D eigenvalue weighted by Gasteiger charge is -2.13. The first-order valence-electron chi connectivity index (χ1n) is 6.78. The van der Waals surface area contributed by atoms with Crippen molar-refractivity contribution in [1.82, 2.24) is 10.1 Å². The van der Waals surface area contributed by atoms with E-state index in [9.17, 15) is 4.79 Å². The maximum absolute atomic E-state index is 11.2. The number of nitrogens with zero attached hydrogens (tertiary/aromatic N) is 2. The molecule has 0 aliphatic heterocycles. The first kappa shape index (κ1) is 15.0. The van der Waals surface area contributed by atoms with Gasteiger partial charge in [0, 0.05) is 16.7 Å². The molecule has 1 amide bonds. The minimum atomic E-state index is -0.459. The van der Waals surface area contributed by atoms with Gasteiger partial charge in [-0.15, -0.1) is 0 Å². The topological polar surface area (TPSA) is 94.0 Å². The zero-order chi connectivity index (χ0) is 15.6. The molecule has 0 radical (unpaired) electrons. The molecule has 1 heterocycles. The molecule has 2 rings (SSSR count). The van der Waals surface area contributed by atoms with Crippen LogP contribution in [0.5, 0.6) is 0 Å². The third-order valence-corrected chi connectivity index (χ3v) is 3.01. The summed E-state index contributed by atoms with van der Waals surface area (Å²) in [6.07, 6.45) is 0. The van der Waals surface area contributed by atoms with Crippen LogP contribution in [0.4, 0.5) is 5.69 Å². The van der Waals surface area contributed by atoms with Gasteiger partial charge in [-0.1, -0.05) is 32.0 Å².